The number of rotatable bonds is 9. The fourth-order valence-corrected chi connectivity index (χ4v) is 0.965. The predicted molar refractivity (Wildman–Crippen MR) is 57.1 cm³/mol. The largest absolute Gasteiger partial charge is 0.380 e. The van der Waals surface area contributed by atoms with Crippen LogP contribution in [-0.2, 0) is 4.74 Å². The van der Waals surface area contributed by atoms with Crippen molar-refractivity contribution in [3.63, 3.8) is 0 Å². The van der Waals surface area contributed by atoms with Crippen molar-refractivity contribution >= 4 is 0 Å². The maximum atomic E-state index is 5.33. The van der Waals surface area contributed by atoms with Crippen LogP contribution < -0.4 is 10.6 Å². The van der Waals surface area contributed by atoms with Gasteiger partial charge in [0.15, 0.2) is 0 Å². The summed E-state index contributed by atoms with van der Waals surface area (Å²) < 4.78 is 5.33. The van der Waals surface area contributed by atoms with E-state index in [2.05, 4.69) is 31.4 Å². The minimum atomic E-state index is 0.582. The van der Waals surface area contributed by atoms with Gasteiger partial charge >= 0.3 is 0 Å². The smallest absolute Gasteiger partial charge is 0.0590 e. The molecule has 0 aliphatic heterocycles. The summed E-state index contributed by atoms with van der Waals surface area (Å²) in [5, 5.41) is 6.66. The van der Waals surface area contributed by atoms with Crippen molar-refractivity contribution in [2.75, 3.05) is 32.8 Å². The lowest BCUT2D eigenvalue weighted by atomic mass is 10.4. The van der Waals surface area contributed by atoms with Crippen molar-refractivity contribution in [1.29, 1.82) is 0 Å². The molecule has 0 rings (SSSR count). The van der Waals surface area contributed by atoms with E-state index in [0.717, 1.165) is 39.3 Å². The van der Waals surface area contributed by atoms with Gasteiger partial charge in [0.1, 0.15) is 0 Å². The molecule has 80 valence electrons. The summed E-state index contributed by atoms with van der Waals surface area (Å²) in [6.45, 7) is 11.2. The molecule has 0 aromatic carbocycles. The zero-order valence-corrected chi connectivity index (χ0v) is 9.23. The zero-order chi connectivity index (χ0) is 9.94. The van der Waals surface area contributed by atoms with Crippen molar-refractivity contribution in [3.05, 3.63) is 0 Å². The predicted octanol–water partition coefficient (Wildman–Crippen LogP) is 1.00. The fraction of sp³-hybridized carbons (Fsp3) is 1.00. The van der Waals surface area contributed by atoms with E-state index in [1.165, 1.54) is 0 Å². The van der Waals surface area contributed by atoms with E-state index in [0.29, 0.717) is 6.04 Å². The van der Waals surface area contributed by atoms with Gasteiger partial charge in [-0.3, -0.25) is 0 Å². The minimum Gasteiger partial charge on any atom is -0.380 e. The minimum absolute atomic E-state index is 0.582. The fourth-order valence-electron chi connectivity index (χ4n) is 0.965. The average Bonchev–Trinajstić information content (AvgIpc) is 2.09. The van der Waals surface area contributed by atoms with Gasteiger partial charge in [0.25, 0.3) is 0 Å². The number of nitrogens with one attached hydrogen (secondary N) is 2. The molecule has 0 bridgehead atoms. The van der Waals surface area contributed by atoms with Crippen LogP contribution in [0.3, 0.4) is 0 Å². The SMILES string of the molecule is CCCOCCNCCNC(C)C. The van der Waals surface area contributed by atoms with Crippen LogP contribution in [0, 0.1) is 0 Å². The molecule has 0 saturated heterocycles. The second-order valence-corrected chi connectivity index (χ2v) is 3.47. The van der Waals surface area contributed by atoms with E-state index in [-0.39, 0.29) is 0 Å². The molecule has 0 unspecified atom stereocenters. The average molecular weight is 188 g/mol. The van der Waals surface area contributed by atoms with Gasteiger partial charge in [0.2, 0.25) is 0 Å². The Morgan fingerprint density at radius 1 is 1.08 bits per heavy atom. The summed E-state index contributed by atoms with van der Waals surface area (Å²) in [5.41, 5.74) is 0. The highest BCUT2D eigenvalue weighted by Gasteiger charge is 1.91. The molecule has 0 amide bonds. The van der Waals surface area contributed by atoms with E-state index in [1.54, 1.807) is 0 Å². The van der Waals surface area contributed by atoms with Gasteiger partial charge in [-0.25, -0.2) is 0 Å². The third-order valence-corrected chi connectivity index (χ3v) is 1.63. The van der Waals surface area contributed by atoms with E-state index in [1.807, 2.05) is 0 Å². The topological polar surface area (TPSA) is 33.3 Å². The summed E-state index contributed by atoms with van der Waals surface area (Å²) in [7, 11) is 0. The molecular weight excluding hydrogens is 164 g/mol. The molecule has 0 aromatic rings. The third kappa shape index (κ3) is 11.9. The zero-order valence-electron chi connectivity index (χ0n) is 9.23. The van der Waals surface area contributed by atoms with Crippen LogP contribution in [0.1, 0.15) is 27.2 Å². The van der Waals surface area contributed by atoms with Crippen LogP contribution in [0.15, 0.2) is 0 Å². The van der Waals surface area contributed by atoms with E-state index < -0.39 is 0 Å². The van der Waals surface area contributed by atoms with Crippen LogP contribution in [0.2, 0.25) is 0 Å². The molecule has 3 nitrogen and oxygen atoms in total. The highest BCUT2D eigenvalue weighted by molar-refractivity contribution is 4.55. The van der Waals surface area contributed by atoms with Crippen LogP contribution in [-0.4, -0.2) is 38.9 Å². The Hall–Kier alpha value is -0.120. The molecule has 0 fully saturated rings. The van der Waals surface area contributed by atoms with Gasteiger partial charge in [-0.2, -0.15) is 0 Å². The Labute approximate surface area is 82.2 Å². The molecule has 0 aromatic heterocycles. The van der Waals surface area contributed by atoms with Crippen LogP contribution in [0.4, 0.5) is 0 Å². The van der Waals surface area contributed by atoms with Crippen molar-refractivity contribution in [3.8, 4) is 0 Å². The Kier molecular flexibility index (Phi) is 9.87. The molecule has 3 heteroatoms. The molecule has 0 radical (unpaired) electrons. The van der Waals surface area contributed by atoms with Crippen LogP contribution in [0.5, 0.6) is 0 Å². The molecule has 2 N–H and O–H groups in total. The summed E-state index contributed by atoms with van der Waals surface area (Å²) in [6.07, 6.45) is 1.11. The maximum Gasteiger partial charge on any atom is 0.0590 e. The highest BCUT2D eigenvalue weighted by Crippen LogP contribution is 1.78. The standard InChI is InChI=1S/C10H24N2O/c1-4-8-13-9-7-11-5-6-12-10(2)3/h10-12H,4-9H2,1-3H3. The first-order valence-electron chi connectivity index (χ1n) is 5.29. The molecule has 0 heterocycles. The first-order chi connectivity index (χ1) is 6.27. The van der Waals surface area contributed by atoms with Gasteiger partial charge < -0.3 is 15.4 Å². The van der Waals surface area contributed by atoms with Gasteiger partial charge in [0, 0.05) is 32.3 Å². The second-order valence-electron chi connectivity index (χ2n) is 3.47. The molecule has 0 aliphatic carbocycles. The van der Waals surface area contributed by atoms with Gasteiger partial charge in [-0.05, 0) is 6.42 Å². The molecule has 0 atom stereocenters. The summed E-state index contributed by atoms with van der Waals surface area (Å²) in [5.74, 6) is 0. The van der Waals surface area contributed by atoms with Crippen molar-refractivity contribution < 1.29 is 4.74 Å². The van der Waals surface area contributed by atoms with Gasteiger partial charge in [0.05, 0.1) is 6.61 Å². The second kappa shape index (κ2) is 9.96. The normalized spacial score (nSPS) is 11.1. The van der Waals surface area contributed by atoms with Gasteiger partial charge in [-0.15, -0.1) is 0 Å². The summed E-state index contributed by atoms with van der Waals surface area (Å²) in [6, 6.07) is 0.582. The Morgan fingerprint density at radius 2 is 1.85 bits per heavy atom. The first-order valence-corrected chi connectivity index (χ1v) is 5.29. The summed E-state index contributed by atoms with van der Waals surface area (Å²) >= 11 is 0. The molecule has 13 heavy (non-hydrogen) atoms. The van der Waals surface area contributed by atoms with Crippen LogP contribution >= 0.6 is 0 Å². The number of hydrogen-bond acceptors (Lipinski definition) is 3. The number of hydrogen-bond donors (Lipinski definition) is 2. The molecule has 0 saturated carbocycles. The molecule has 0 spiro atoms. The van der Waals surface area contributed by atoms with E-state index in [4.69, 9.17) is 4.74 Å². The Bertz CT molecular complexity index is 96.9. The van der Waals surface area contributed by atoms with Crippen molar-refractivity contribution in [2.24, 2.45) is 0 Å². The lowest BCUT2D eigenvalue weighted by molar-refractivity contribution is 0.136. The quantitative estimate of drug-likeness (QED) is 0.530. The maximum absolute atomic E-state index is 5.33. The van der Waals surface area contributed by atoms with Crippen molar-refractivity contribution in [2.45, 2.75) is 33.2 Å². The summed E-state index contributed by atoms with van der Waals surface area (Å²) in [4.78, 5) is 0. The number of ether oxygens (including phenoxy) is 1. The van der Waals surface area contributed by atoms with Gasteiger partial charge in [-0.1, -0.05) is 20.8 Å². The van der Waals surface area contributed by atoms with E-state index >= 15 is 0 Å². The van der Waals surface area contributed by atoms with Crippen LogP contribution in [0.25, 0.3) is 0 Å². The highest BCUT2D eigenvalue weighted by atomic mass is 16.5. The molecular formula is C10H24N2O. The Morgan fingerprint density at radius 3 is 2.46 bits per heavy atom. The lowest BCUT2D eigenvalue weighted by Gasteiger charge is -2.08. The Balaban J connectivity index is 2.84. The monoisotopic (exact) mass is 188 g/mol. The molecule has 0 aliphatic rings. The van der Waals surface area contributed by atoms with Crippen molar-refractivity contribution in [1.82, 2.24) is 10.6 Å². The van der Waals surface area contributed by atoms with E-state index in [9.17, 15) is 0 Å². The lowest BCUT2D eigenvalue weighted by Crippen LogP contribution is -2.33. The third-order valence-electron chi connectivity index (χ3n) is 1.63. The first kappa shape index (κ1) is 12.9.